The lowest BCUT2D eigenvalue weighted by atomic mass is 10.1. The zero-order chi connectivity index (χ0) is 15.0. The molecule has 20 heavy (non-hydrogen) atoms. The summed E-state index contributed by atoms with van der Waals surface area (Å²) in [5, 5.41) is 5.38. The number of nitrogens with one attached hydrogen (secondary N) is 2. The number of benzene rings is 1. The standard InChI is InChI=1S/C15H22F2N2O/c1-12(2)10-19-14(20)8-9-18-11-15(16,17)13-6-4-3-5-7-13/h3-7,12,18H,8-11H2,1-2H3,(H,19,20). The third-order valence-electron chi connectivity index (χ3n) is 2.78. The van der Waals surface area contributed by atoms with Crippen molar-refractivity contribution in [2.24, 2.45) is 5.92 Å². The van der Waals surface area contributed by atoms with Crippen LogP contribution in [0.5, 0.6) is 0 Å². The predicted molar refractivity (Wildman–Crippen MR) is 75.7 cm³/mol. The molecule has 0 aromatic heterocycles. The van der Waals surface area contributed by atoms with E-state index in [0.717, 1.165) is 0 Å². The molecule has 0 radical (unpaired) electrons. The summed E-state index contributed by atoms with van der Waals surface area (Å²) >= 11 is 0. The minimum absolute atomic E-state index is 0.0169. The molecule has 1 rings (SSSR count). The fraction of sp³-hybridized carbons (Fsp3) is 0.533. The van der Waals surface area contributed by atoms with Crippen molar-refractivity contribution in [3.8, 4) is 0 Å². The molecule has 0 aliphatic rings. The maximum atomic E-state index is 13.8. The van der Waals surface area contributed by atoms with E-state index in [4.69, 9.17) is 0 Å². The highest BCUT2D eigenvalue weighted by Crippen LogP contribution is 2.26. The van der Waals surface area contributed by atoms with Crippen LogP contribution in [0, 0.1) is 5.92 Å². The van der Waals surface area contributed by atoms with E-state index < -0.39 is 12.5 Å². The van der Waals surface area contributed by atoms with Gasteiger partial charge in [0.25, 0.3) is 5.92 Å². The molecule has 3 nitrogen and oxygen atoms in total. The predicted octanol–water partition coefficient (Wildman–Crippen LogP) is 2.53. The number of alkyl halides is 2. The maximum absolute atomic E-state index is 13.8. The molecule has 0 spiro atoms. The van der Waals surface area contributed by atoms with Crippen molar-refractivity contribution in [2.75, 3.05) is 19.6 Å². The molecule has 0 aliphatic carbocycles. The van der Waals surface area contributed by atoms with Crippen LogP contribution in [0.15, 0.2) is 30.3 Å². The SMILES string of the molecule is CC(C)CNC(=O)CCNCC(F)(F)c1ccccc1. The number of halogens is 2. The number of carbonyl (C=O) groups excluding carboxylic acids is 1. The molecule has 112 valence electrons. The lowest BCUT2D eigenvalue weighted by Gasteiger charge is -2.17. The number of hydrogen-bond donors (Lipinski definition) is 2. The van der Waals surface area contributed by atoms with Gasteiger partial charge in [-0.1, -0.05) is 44.2 Å². The zero-order valence-electron chi connectivity index (χ0n) is 12.0. The molecule has 2 N–H and O–H groups in total. The van der Waals surface area contributed by atoms with Gasteiger partial charge in [0.05, 0.1) is 6.54 Å². The molecule has 0 atom stereocenters. The van der Waals surface area contributed by atoms with Gasteiger partial charge in [0.2, 0.25) is 5.91 Å². The minimum atomic E-state index is -2.92. The summed E-state index contributed by atoms with van der Waals surface area (Å²) in [6.45, 7) is 4.39. The molecule has 1 aromatic carbocycles. The lowest BCUT2D eigenvalue weighted by Crippen LogP contribution is -2.34. The second kappa shape index (κ2) is 7.94. The third kappa shape index (κ3) is 6.10. The molecule has 0 heterocycles. The summed E-state index contributed by atoms with van der Waals surface area (Å²) in [7, 11) is 0. The third-order valence-corrected chi connectivity index (χ3v) is 2.78. The van der Waals surface area contributed by atoms with Crippen LogP contribution in [-0.4, -0.2) is 25.5 Å². The Balaban J connectivity index is 2.25. The molecule has 0 unspecified atom stereocenters. The Bertz CT molecular complexity index is 408. The van der Waals surface area contributed by atoms with Crippen molar-refractivity contribution in [1.82, 2.24) is 10.6 Å². The first-order valence-electron chi connectivity index (χ1n) is 6.82. The van der Waals surface area contributed by atoms with E-state index in [9.17, 15) is 13.6 Å². The molecular weight excluding hydrogens is 262 g/mol. The Labute approximate surface area is 118 Å². The van der Waals surface area contributed by atoms with Crippen LogP contribution in [-0.2, 0) is 10.7 Å². The minimum Gasteiger partial charge on any atom is -0.356 e. The maximum Gasteiger partial charge on any atom is 0.285 e. The molecule has 0 saturated heterocycles. The van der Waals surface area contributed by atoms with E-state index in [1.165, 1.54) is 12.1 Å². The molecule has 1 amide bonds. The molecule has 5 heteroatoms. The first-order valence-corrected chi connectivity index (χ1v) is 6.82. The summed E-state index contributed by atoms with van der Waals surface area (Å²) in [4.78, 5) is 11.4. The summed E-state index contributed by atoms with van der Waals surface area (Å²) in [5.41, 5.74) is -0.0169. The van der Waals surface area contributed by atoms with Crippen molar-refractivity contribution in [3.63, 3.8) is 0 Å². The number of amides is 1. The van der Waals surface area contributed by atoms with Gasteiger partial charge in [-0.15, -0.1) is 0 Å². The van der Waals surface area contributed by atoms with E-state index in [1.807, 2.05) is 13.8 Å². The zero-order valence-corrected chi connectivity index (χ0v) is 12.0. The highest BCUT2D eigenvalue weighted by Gasteiger charge is 2.30. The van der Waals surface area contributed by atoms with Gasteiger partial charge in [0.15, 0.2) is 0 Å². The summed E-state index contributed by atoms with van der Waals surface area (Å²) in [5.74, 6) is -2.65. The second-order valence-corrected chi connectivity index (χ2v) is 5.20. The number of hydrogen-bond acceptors (Lipinski definition) is 2. The normalized spacial score (nSPS) is 11.7. The Kier molecular flexibility index (Phi) is 6.58. The molecule has 0 bridgehead atoms. The lowest BCUT2D eigenvalue weighted by molar-refractivity contribution is -0.121. The van der Waals surface area contributed by atoms with Gasteiger partial charge >= 0.3 is 0 Å². The Morgan fingerprint density at radius 3 is 2.50 bits per heavy atom. The van der Waals surface area contributed by atoms with E-state index >= 15 is 0 Å². The van der Waals surface area contributed by atoms with Gasteiger partial charge in [0, 0.05) is 25.1 Å². The van der Waals surface area contributed by atoms with Crippen molar-refractivity contribution in [2.45, 2.75) is 26.2 Å². The van der Waals surface area contributed by atoms with Crippen molar-refractivity contribution in [3.05, 3.63) is 35.9 Å². The van der Waals surface area contributed by atoms with Gasteiger partial charge in [-0.2, -0.15) is 8.78 Å². The van der Waals surface area contributed by atoms with E-state index in [1.54, 1.807) is 18.2 Å². The Morgan fingerprint density at radius 1 is 1.25 bits per heavy atom. The van der Waals surface area contributed by atoms with E-state index in [2.05, 4.69) is 10.6 Å². The van der Waals surface area contributed by atoms with Gasteiger partial charge in [0.1, 0.15) is 0 Å². The van der Waals surface area contributed by atoms with Crippen LogP contribution >= 0.6 is 0 Å². The molecule has 0 saturated carbocycles. The van der Waals surface area contributed by atoms with Crippen LogP contribution in [0.3, 0.4) is 0 Å². The monoisotopic (exact) mass is 284 g/mol. The van der Waals surface area contributed by atoms with E-state index in [0.29, 0.717) is 12.5 Å². The first kappa shape index (κ1) is 16.6. The summed E-state index contributed by atoms with van der Waals surface area (Å²) < 4.78 is 27.5. The first-order chi connectivity index (χ1) is 9.42. The largest absolute Gasteiger partial charge is 0.356 e. The van der Waals surface area contributed by atoms with Gasteiger partial charge in [-0.25, -0.2) is 0 Å². The van der Waals surface area contributed by atoms with Crippen LogP contribution in [0.2, 0.25) is 0 Å². The fourth-order valence-electron chi connectivity index (χ4n) is 1.64. The highest BCUT2D eigenvalue weighted by molar-refractivity contribution is 5.76. The fourth-order valence-corrected chi connectivity index (χ4v) is 1.64. The molecule has 1 aromatic rings. The van der Waals surface area contributed by atoms with Crippen LogP contribution in [0.4, 0.5) is 8.78 Å². The van der Waals surface area contributed by atoms with E-state index in [-0.39, 0.29) is 24.4 Å². The number of carbonyl (C=O) groups is 1. The van der Waals surface area contributed by atoms with Crippen molar-refractivity contribution in [1.29, 1.82) is 0 Å². The van der Waals surface area contributed by atoms with Crippen LogP contribution < -0.4 is 10.6 Å². The molecule has 0 aliphatic heterocycles. The van der Waals surface area contributed by atoms with Gasteiger partial charge < -0.3 is 10.6 Å². The van der Waals surface area contributed by atoms with Crippen molar-refractivity contribution < 1.29 is 13.6 Å². The van der Waals surface area contributed by atoms with Crippen LogP contribution in [0.1, 0.15) is 25.8 Å². The molecule has 0 fully saturated rings. The Hall–Kier alpha value is -1.49. The van der Waals surface area contributed by atoms with Gasteiger partial charge in [-0.05, 0) is 5.92 Å². The summed E-state index contributed by atoms with van der Waals surface area (Å²) in [6.07, 6.45) is 0.206. The summed E-state index contributed by atoms with van der Waals surface area (Å²) in [6, 6.07) is 7.67. The average molecular weight is 284 g/mol. The van der Waals surface area contributed by atoms with Gasteiger partial charge in [-0.3, -0.25) is 4.79 Å². The smallest absolute Gasteiger partial charge is 0.285 e. The highest BCUT2D eigenvalue weighted by atomic mass is 19.3. The van der Waals surface area contributed by atoms with Crippen LogP contribution in [0.25, 0.3) is 0 Å². The number of rotatable bonds is 8. The quantitative estimate of drug-likeness (QED) is 0.720. The Morgan fingerprint density at radius 2 is 1.90 bits per heavy atom. The molecular formula is C15H22F2N2O. The second-order valence-electron chi connectivity index (χ2n) is 5.20. The van der Waals surface area contributed by atoms with Crippen molar-refractivity contribution >= 4 is 5.91 Å². The topological polar surface area (TPSA) is 41.1 Å². The average Bonchev–Trinajstić information content (AvgIpc) is 2.42.